The molecule has 122 valence electrons. The first kappa shape index (κ1) is 14.6. The average Bonchev–Trinajstić information content (AvgIpc) is 3.35. The largest absolute Gasteiger partial charge is 0.361 e. The molecule has 4 rings (SSSR count). The van der Waals surface area contributed by atoms with Gasteiger partial charge in [-0.05, 0) is 13.3 Å². The summed E-state index contributed by atoms with van der Waals surface area (Å²) in [6, 6.07) is 11.7. The van der Waals surface area contributed by atoms with Crippen molar-refractivity contribution in [1.29, 1.82) is 0 Å². The zero-order chi connectivity index (χ0) is 16.5. The standard InChI is InChI=1S/C17H17N5O2/c1-12-9-15(19-24-12)17(23)21-8-7-14(10-21)22-11-16(18-20-22)13-5-3-2-4-6-13/h2-6,9,11,14H,7-8,10H2,1H3/t14-/m1/s1. The minimum absolute atomic E-state index is 0.0993. The van der Waals surface area contributed by atoms with Gasteiger partial charge < -0.3 is 9.42 Å². The van der Waals surface area contributed by atoms with Gasteiger partial charge in [-0.3, -0.25) is 4.79 Å². The summed E-state index contributed by atoms with van der Waals surface area (Å²) in [7, 11) is 0. The number of carbonyl (C=O) groups excluding carboxylic acids is 1. The molecular formula is C17H17N5O2. The average molecular weight is 323 g/mol. The van der Waals surface area contributed by atoms with Crippen LogP contribution in [0.25, 0.3) is 11.3 Å². The van der Waals surface area contributed by atoms with Gasteiger partial charge in [0.1, 0.15) is 11.5 Å². The monoisotopic (exact) mass is 323 g/mol. The number of benzene rings is 1. The highest BCUT2D eigenvalue weighted by molar-refractivity contribution is 5.92. The quantitative estimate of drug-likeness (QED) is 0.739. The topological polar surface area (TPSA) is 77.1 Å². The first-order valence-corrected chi connectivity index (χ1v) is 7.90. The lowest BCUT2D eigenvalue weighted by Gasteiger charge is -2.14. The van der Waals surface area contributed by atoms with Crippen molar-refractivity contribution in [1.82, 2.24) is 25.1 Å². The second-order valence-electron chi connectivity index (χ2n) is 5.97. The molecule has 1 atom stereocenters. The van der Waals surface area contributed by atoms with Crippen LogP contribution < -0.4 is 0 Å². The molecule has 3 heterocycles. The van der Waals surface area contributed by atoms with Crippen LogP contribution in [0.15, 0.2) is 47.1 Å². The number of aryl methyl sites for hydroxylation is 1. The number of nitrogens with zero attached hydrogens (tertiary/aromatic N) is 5. The van der Waals surface area contributed by atoms with E-state index >= 15 is 0 Å². The molecule has 2 aromatic heterocycles. The number of amides is 1. The predicted octanol–water partition coefficient (Wildman–Crippen LogP) is 2.33. The van der Waals surface area contributed by atoms with E-state index in [1.807, 2.05) is 41.2 Å². The molecule has 0 bridgehead atoms. The van der Waals surface area contributed by atoms with E-state index in [1.54, 1.807) is 17.9 Å². The Morgan fingerprint density at radius 1 is 1.29 bits per heavy atom. The fourth-order valence-electron chi connectivity index (χ4n) is 2.97. The van der Waals surface area contributed by atoms with Gasteiger partial charge in [0.25, 0.3) is 5.91 Å². The maximum absolute atomic E-state index is 12.4. The highest BCUT2D eigenvalue weighted by Gasteiger charge is 2.30. The van der Waals surface area contributed by atoms with E-state index in [4.69, 9.17) is 4.52 Å². The summed E-state index contributed by atoms with van der Waals surface area (Å²) < 4.78 is 6.83. The third-order valence-electron chi connectivity index (χ3n) is 4.25. The molecule has 0 spiro atoms. The van der Waals surface area contributed by atoms with Crippen molar-refractivity contribution < 1.29 is 9.32 Å². The number of hydrogen-bond donors (Lipinski definition) is 0. The second-order valence-corrected chi connectivity index (χ2v) is 5.97. The Labute approximate surface area is 138 Å². The predicted molar refractivity (Wildman–Crippen MR) is 86.3 cm³/mol. The molecule has 1 amide bonds. The zero-order valence-electron chi connectivity index (χ0n) is 13.3. The first-order valence-electron chi connectivity index (χ1n) is 7.90. The smallest absolute Gasteiger partial charge is 0.276 e. The van der Waals surface area contributed by atoms with E-state index in [0.717, 1.165) is 17.7 Å². The molecule has 0 N–H and O–H groups in total. The number of aromatic nitrogens is 4. The molecular weight excluding hydrogens is 306 g/mol. The van der Waals surface area contributed by atoms with Crippen molar-refractivity contribution in [3.63, 3.8) is 0 Å². The zero-order valence-corrected chi connectivity index (χ0v) is 13.3. The number of rotatable bonds is 3. The highest BCUT2D eigenvalue weighted by Crippen LogP contribution is 2.24. The van der Waals surface area contributed by atoms with Crippen LogP contribution in [0.5, 0.6) is 0 Å². The van der Waals surface area contributed by atoms with Crippen LogP contribution in [0, 0.1) is 6.92 Å². The molecule has 3 aromatic rings. The van der Waals surface area contributed by atoms with Gasteiger partial charge in [-0.25, -0.2) is 4.68 Å². The van der Waals surface area contributed by atoms with Gasteiger partial charge in [0, 0.05) is 24.7 Å². The van der Waals surface area contributed by atoms with E-state index in [-0.39, 0.29) is 11.9 Å². The van der Waals surface area contributed by atoms with Crippen LogP contribution in [-0.2, 0) is 0 Å². The van der Waals surface area contributed by atoms with Crippen molar-refractivity contribution in [3.8, 4) is 11.3 Å². The minimum Gasteiger partial charge on any atom is -0.361 e. The Balaban J connectivity index is 1.47. The Kier molecular flexibility index (Phi) is 3.60. The first-order chi connectivity index (χ1) is 11.7. The maximum Gasteiger partial charge on any atom is 0.276 e. The molecule has 1 aromatic carbocycles. The Bertz CT molecular complexity index is 855. The lowest BCUT2D eigenvalue weighted by atomic mass is 10.2. The Morgan fingerprint density at radius 2 is 2.12 bits per heavy atom. The SMILES string of the molecule is Cc1cc(C(=O)N2CC[C@@H](n3cc(-c4ccccc4)nn3)C2)no1. The summed E-state index contributed by atoms with van der Waals surface area (Å²) in [5.41, 5.74) is 2.23. The van der Waals surface area contributed by atoms with Crippen LogP contribution in [0.1, 0.15) is 28.7 Å². The summed E-state index contributed by atoms with van der Waals surface area (Å²) in [6.07, 6.45) is 2.79. The number of carbonyl (C=O) groups is 1. The second kappa shape index (κ2) is 5.92. The third-order valence-corrected chi connectivity index (χ3v) is 4.25. The van der Waals surface area contributed by atoms with Crippen molar-refractivity contribution in [2.24, 2.45) is 0 Å². The van der Waals surface area contributed by atoms with Crippen LogP contribution in [0.4, 0.5) is 0 Å². The molecule has 1 aliphatic rings. The van der Waals surface area contributed by atoms with Gasteiger partial charge in [-0.1, -0.05) is 40.7 Å². The van der Waals surface area contributed by atoms with E-state index in [2.05, 4.69) is 15.5 Å². The summed E-state index contributed by atoms with van der Waals surface area (Å²) in [4.78, 5) is 14.2. The fourth-order valence-corrected chi connectivity index (χ4v) is 2.97. The highest BCUT2D eigenvalue weighted by atomic mass is 16.5. The third kappa shape index (κ3) is 2.68. The molecule has 0 aliphatic carbocycles. The Hall–Kier alpha value is -2.96. The summed E-state index contributed by atoms with van der Waals surface area (Å²) >= 11 is 0. The molecule has 1 saturated heterocycles. The fraction of sp³-hybridized carbons (Fsp3) is 0.294. The normalized spacial score (nSPS) is 17.4. The number of likely N-dealkylation sites (tertiary alicyclic amines) is 1. The van der Waals surface area contributed by atoms with Crippen LogP contribution in [-0.4, -0.2) is 44.0 Å². The van der Waals surface area contributed by atoms with E-state index in [9.17, 15) is 4.79 Å². The van der Waals surface area contributed by atoms with Crippen LogP contribution >= 0.6 is 0 Å². The van der Waals surface area contributed by atoms with Crippen LogP contribution in [0.3, 0.4) is 0 Å². The lowest BCUT2D eigenvalue weighted by molar-refractivity contribution is 0.0776. The van der Waals surface area contributed by atoms with Gasteiger partial charge in [0.15, 0.2) is 5.69 Å². The van der Waals surface area contributed by atoms with E-state index in [0.29, 0.717) is 24.5 Å². The maximum atomic E-state index is 12.4. The molecule has 7 heteroatoms. The van der Waals surface area contributed by atoms with Crippen molar-refractivity contribution in [3.05, 3.63) is 54.0 Å². The summed E-state index contributed by atoms with van der Waals surface area (Å²) in [6.45, 7) is 3.05. The molecule has 0 radical (unpaired) electrons. The van der Waals surface area contributed by atoms with Crippen molar-refractivity contribution in [2.45, 2.75) is 19.4 Å². The van der Waals surface area contributed by atoms with Crippen molar-refractivity contribution >= 4 is 5.91 Å². The summed E-state index contributed by atoms with van der Waals surface area (Å²) in [5, 5.41) is 12.3. The van der Waals surface area contributed by atoms with Gasteiger partial charge in [0.05, 0.1) is 12.2 Å². The lowest BCUT2D eigenvalue weighted by Crippen LogP contribution is -2.29. The minimum atomic E-state index is -0.0993. The van der Waals surface area contributed by atoms with Gasteiger partial charge in [-0.2, -0.15) is 0 Å². The van der Waals surface area contributed by atoms with E-state index < -0.39 is 0 Å². The van der Waals surface area contributed by atoms with Gasteiger partial charge in [-0.15, -0.1) is 5.10 Å². The molecule has 7 nitrogen and oxygen atoms in total. The molecule has 24 heavy (non-hydrogen) atoms. The van der Waals surface area contributed by atoms with E-state index in [1.165, 1.54) is 0 Å². The number of hydrogen-bond acceptors (Lipinski definition) is 5. The Morgan fingerprint density at radius 3 is 2.88 bits per heavy atom. The molecule has 1 fully saturated rings. The molecule has 1 aliphatic heterocycles. The van der Waals surface area contributed by atoms with Gasteiger partial charge >= 0.3 is 0 Å². The molecule has 0 unspecified atom stereocenters. The summed E-state index contributed by atoms with van der Waals surface area (Å²) in [5.74, 6) is 0.538. The van der Waals surface area contributed by atoms with Crippen molar-refractivity contribution in [2.75, 3.05) is 13.1 Å². The van der Waals surface area contributed by atoms with Gasteiger partial charge in [0.2, 0.25) is 0 Å². The van der Waals surface area contributed by atoms with Crippen LogP contribution in [0.2, 0.25) is 0 Å². The molecule has 0 saturated carbocycles.